The number of imidazole rings is 1. The van der Waals surface area contributed by atoms with Crippen molar-refractivity contribution in [3.05, 3.63) is 42.6 Å². The SMILES string of the molecule is CC1(CN)CCN(C(=O)c2ccnc(-n3ccnc3)c2)C1. The number of carbonyl (C=O) groups excluding carboxylic acids is 1. The van der Waals surface area contributed by atoms with Crippen LogP contribution < -0.4 is 5.73 Å². The molecule has 0 spiro atoms. The van der Waals surface area contributed by atoms with E-state index in [1.54, 1.807) is 41.6 Å². The van der Waals surface area contributed by atoms with Gasteiger partial charge in [-0.25, -0.2) is 9.97 Å². The van der Waals surface area contributed by atoms with Crippen molar-refractivity contribution in [1.29, 1.82) is 0 Å². The maximum Gasteiger partial charge on any atom is 0.254 e. The molecule has 6 nitrogen and oxygen atoms in total. The van der Waals surface area contributed by atoms with Gasteiger partial charge in [-0.1, -0.05) is 6.92 Å². The molecule has 3 heterocycles. The van der Waals surface area contributed by atoms with E-state index < -0.39 is 0 Å². The summed E-state index contributed by atoms with van der Waals surface area (Å²) < 4.78 is 1.78. The lowest BCUT2D eigenvalue weighted by Gasteiger charge is -2.22. The van der Waals surface area contributed by atoms with Gasteiger partial charge in [0, 0.05) is 37.2 Å². The van der Waals surface area contributed by atoms with Gasteiger partial charge in [0.05, 0.1) is 0 Å². The molecule has 1 aliphatic rings. The van der Waals surface area contributed by atoms with Crippen LogP contribution in [-0.4, -0.2) is 45.0 Å². The smallest absolute Gasteiger partial charge is 0.254 e. The number of nitrogens with zero attached hydrogens (tertiary/aromatic N) is 4. The normalized spacial score (nSPS) is 21.7. The summed E-state index contributed by atoms with van der Waals surface area (Å²) in [6.07, 6.45) is 7.76. The third kappa shape index (κ3) is 2.67. The molecule has 1 saturated heterocycles. The molecule has 0 bridgehead atoms. The summed E-state index contributed by atoms with van der Waals surface area (Å²) in [6.45, 7) is 4.21. The third-order valence-corrected chi connectivity index (χ3v) is 4.10. The van der Waals surface area contributed by atoms with Crippen LogP contribution in [0.25, 0.3) is 5.82 Å². The average Bonchev–Trinajstić information content (AvgIpc) is 3.17. The highest BCUT2D eigenvalue weighted by Gasteiger charge is 2.35. The Labute approximate surface area is 123 Å². The van der Waals surface area contributed by atoms with Crippen molar-refractivity contribution in [3.63, 3.8) is 0 Å². The Morgan fingerprint density at radius 1 is 1.48 bits per heavy atom. The second kappa shape index (κ2) is 5.29. The van der Waals surface area contributed by atoms with Gasteiger partial charge in [-0.15, -0.1) is 0 Å². The number of pyridine rings is 1. The van der Waals surface area contributed by atoms with E-state index in [0.29, 0.717) is 24.5 Å². The van der Waals surface area contributed by atoms with Crippen LogP contribution >= 0.6 is 0 Å². The highest BCUT2D eigenvalue weighted by atomic mass is 16.2. The minimum absolute atomic E-state index is 0.0376. The van der Waals surface area contributed by atoms with Gasteiger partial charge in [-0.3, -0.25) is 9.36 Å². The lowest BCUT2D eigenvalue weighted by atomic mass is 9.90. The standard InChI is InChI=1S/C15H19N5O/c1-15(9-16)3-6-19(10-15)14(21)12-2-4-18-13(8-12)20-7-5-17-11-20/h2,4-5,7-8,11H,3,6,9-10,16H2,1H3. The number of hydrogen-bond donors (Lipinski definition) is 1. The second-order valence-electron chi connectivity index (χ2n) is 5.86. The van der Waals surface area contributed by atoms with Gasteiger partial charge < -0.3 is 10.6 Å². The molecule has 0 radical (unpaired) electrons. The number of aromatic nitrogens is 3. The molecule has 2 aromatic rings. The first kappa shape index (κ1) is 13.8. The number of nitrogens with two attached hydrogens (primary N) is 1. The van der Waals surface area contributed by atoms with Crippen molar-refractivity contribution in [2.45, 2.75) is 13.3 Å². The summed E-state index contributed by atoms with van der Waals surface area (Å²) in [5.41, 5.74) is 6.48. The fraction of sp³-hybridized carbons (Fsp3) is 0.400. The van der Waals surface area contributed by atoms with E-state index in [1.165, 1.54) is 0 Å². The number of rotatable bonds is 3. The number of likely N-dealkylation sites (tertiary alicyclic amines) is 1. The molecule has 1 amide bonds. The van der Waals surface area contributed by atoms with Crippen LogP contribution in [0.2, 0.25) is 0 Å². The van der Waals surface area contributed by atoms with Gasteiger partial charge in [0.15, 0.2) is 0 Å². The zero-order valence-electron chi connectivity index (χ0n) is 12.1. The molecule has 0 aromatic carbocycles. The van der Waals surface area contributed by atoms with E-state index in [0.717, 1.165) is 13.0 Å². The Morgan fingerprint density at radius 2 is 2.33 bits per heavy atom. The molecule has 3 rings (SSSR count). The molecule has 1 aliphatic heterocycles. The van der Waals surface area contributed by atoms with Crippen LogP contribution in [-0.2, 0) is 0 Å². The number of amides is 1. The Balaban J connectivity index is 1.81. The summed E-state index contributed by atoms with van der Waals surface area (Å²) in [7, 11) is 0. The van der Waals surface area contributed by atoms with Crippen molar-refractivity contribution in [1.82, 2.24) is 19.4 Å². The number of carbonyl (C=O) groups is 1. The van der Waals surface area contributed by atoms with Crippen LogP contribution in [0.5, 0.6) is 0 Å². The van der Waals surface area contributed by atoms with E-state index in [-0.39, 0.29) is 11.3 Å². The minimum Gasteiger partial charge on any atom is -0.338 e. The van der Waals surface area contributed by atoms with Gasteiger partial charge in [0.1, 0.15) is 12.1 Å². The topological polar surface area (TPSA) is 77.0 Å². The molecule has 21 heavy (non-hydrogen) atoms. The lowest BCUT2D eigenvalue weighted by Crippen LogP contribution is -2.34. The molecule has 2 aromatic heterocycles. The second-order valence-corrected chi connectivity index (χ2v) is 5.86. The van der Waals surface area contributed by atoms with Crippen LogP contribution in [0.3, 0.4) is 0 Å². The van der Waals surface area contributed by atoms with Crippen LogP contribution in [0.4, 0.5) is 0 Å². The van der Waals surface area contributed by atoms with E-state index in [4.69, 9.17) is 5.73 Å². The molecule has 1 unspecified atom stereocenters. The molecule has 0 aliphatic carbocycles. The summed E-state index contributed by atoms with van der Waals surface area (Å²) in [5.74, 6) is 0.732. The molecule has 1 fully saturated rings. The quantitative estimate of drug-likeness (QED) is 0.915. The monoisotopic (exact) mass is 285 g/mol. The van der Waals surface area contributed by atoms with Gasteiger partial charge in [-0.2, -0.15) is 0 Å². The Morgan fingerprint density at radius 3 is 3.00 bits per heavy atom. The van der Waals surface area contributed by atoms with Crippen molar-refractivity contribution in [3.8, 4) is 5.82 Å². The average molecular weight is 285 g/mol. The van der Waals surface area contributed by atoms with Crippen molar-refractivity contribution >= 4 is 5.91 Å². The maximum absolute atomic E-state index is 12.6. The first-order chi connectivity index (χ1) is 10.1. The first-order valence-electron chi connectivity index (χ1n) is 7.05. The van der Waals surface area contributed by atoms with E-state index in [2.05, 4.69) is 16.9 Å². The summed E-state index contributed by atoms with van der Waals surface area (Å²) >= 11 is 0. The largest absolute Gasteiger partial charge is 0.338 e. The predicted molar refractivity (Wildman–Crippen MR) is 79.0 cm³/mol. The minimum atomic E-state index is 0.0376. The van der Waals surface area contributed by atoms with Gasteiger partial charge in [0.2, 0.25) is 0 Å². The third-order valence-electron chi connectivity index (χ3n) is 4.10. The van der Waals surface area contributed by atoms with Crippen molar-refractivity contribution < 1.29 is 4.79 Å². The van der Waals surface area contributed by atoms with Crippen LogP contribution in [0.15, 0.2) is 37.1 Å². The van der Waals surface area contributed by atoms with Crippen LogP contribution in [0.1, 0.15) is 23.7 Å². The Bertz CT molecular complexity index is 639. The van der Waals surface area contributed by atoms with E-state index in [1.807, 2.05) is 4.90 Å². The summed E-state index contributed by atoms with van der Waals surface area (Å²) in [6, 6.07) is 3.54. The van der Waals surface area contributed by atoms with Crippen molar-refractivity contribution in [2.75, 3.05) is 19.6 Å². The fourth-order valence-electron chi connectivity index (χ4n) is 2.63. The fourth-order valence-corrected chi connectivity index (χ4v) is 2.63. The number of hydrogen-bond acceptors (Lipinski definition) is 4. The van der Waals surface area contributed by atoms with Gasteiger partial charge >= 0.3 is 0 Å². The lowest BCUT2D eigenvalue weighted by molar-refractivity contribution is 0.0776. The summed E-state index contributed by atoms with van der Waals surface area (Å²) in [4.78, 5) is 22.7. The van der Waals surface area contributed by atoms with Crippen molar-refractivity contribution in [2.24, 2.45) is 11.1 Å². The first-order valence-corrected chi connectivity index (χ1v) is 7.05. The molecular formula is C15H19N5O. The van der Waals surface area contributed by atoms with E-state index >= 15 is 0 Å². The predicted octanol–water partition coefficient (Wildman–Crippen LogP) is 1.08. The Kier molecular flexibility index (Phi) is 3.47. The maximum atomic E-state index is 12.6. The summed E-state index contributed by atoms with van der Waals surface area (Å²) in [5, 5.41) is 0. The highest BCUT2D eigenvalue weighted by Crippen LogP contribution is 2.29. The Hall–Kier alpha value is -2.21. The van der Waals surface area contributed by atoms with Gasteiger partial charge in [0.25, 0.3) is 5.91 Å². The molecular weight excluding hydrogens is 266 g/mol. The molecule has 110 valence electrons. The zero-order chi connectivity index (χ0) is 14.9. The zero-order valence-corrected chi connectivity index (χ0v) is 12.1. The molecule has 6 heteroatoms. The molecule has 0 saturated carbocycles. The molecule has 1 atom stereocenters. The van der Waals surface area contributed by atoms with Gasteiger partial charge in [-0.05, 0) is 30.5 Å². The molecule has 2 N–H and O–H groups in total. The van der Waals surface area contributed by atoms with E-state index in [9.17, 15) is 4.79 Å². The highest BCUT2D eigenvalue weighted by molar-refractivity contribution is 5.94. The van der Waals surface area contributed by atoms with Crippen LogP contribution in [0, 0.1) is 5.41 Å².